The highest BCUT2D eigenvalue weighted by Crippen LogP contribution is 2.44. The molecular weight excluding hydrogens is 436 g/mol. The van der Waals surface area contributed by atoms with Crippen LogP contribution < -0.4 is 10.6 Å². The summed E-state index contributed by atoms with van der Waals surface area (Å²) in [6, 6.07) is 14.7. The van der Waals surface area contributed by atoms with E-state index in [4.69, 9.17) is 9.47 Å². The van der Waals surface area contributed by atoms with Crippen LogP contribution in [-0.2, 0) is 19.1 Å². The largest absolute Gasteiger partial charge is 0.480 e. The van der Waals surface area contributed by atoms with Crippen LogP contribution in [0.5, 0.6) is 0 Å². The molecule has 1 saturated carbocycles. The summed E-state index contributed by atoms with van der Waals surface area (Å²) in [6.07, 6.45) is 2.27. The second-order valence-corrected chi connectivity index (χ2v) is 8.89. The molecule has 2 aliphatic rings. The number of rotatable bonds is 10. The zero-order chi connectivity index (χ0) is 24.1. The normalized spacial score (nSPS) is 16.5. The van der Waals surface area contributed by atoms with Gasteiger partial charge in [0.15, 0.2) is 6.04 Å². The Morgan fingerprint density at radius 3 is 2.15 bits per heavy atom. The second-order valence-electron chi connectivity index (χ2n) is 8.89. The molecule has 0 spiro atoms. The van der Waals surface area contributed by atoms with Crippen LogP contribution in [0.25, 0.3) is 11.1 Å². The van der Waals surface area contributed by atoms with Crippen LogP contribution in [0, 0.1) is 5.92 Å². The van der Waals surface area contributed by atoms with Crippen molar-refractivity contribution in [3.8, 4) is 11.1 Å². The fourth-order valence-electron chi connectivity index (χ4n) is 4.76. The smallest absolute Gasteiger partial charge is 0.407 e. The van der Waals surface area contributed by atoms with E-state index in [1.165, 1.54) is 7.11 Å². The molecule has 8 heteroatoms. The summed E-state index contributed by atoms with van der Waals surface area (Å²) in [7, 11) is 1.37. The number of carbonyl (C=O) groups is 3. The molecule has 4 rings (SSSR count). The van der Waals surface area contributed by atoms with Crippen LogP contribution in [-0.4, -0.2) is 55.5 Å². The SMILES string of the molecule is COCC(NC(=O)CC(NC(=O)OCC1c2ccccc2-c2ccccc21)C1CCC1)C(=O)O. The molecule has 2 aromatic carbocycles. The predicted octanol–water partition coefficient (Wildman–Crippen LogP) is 3.30. The molecule has 180 valence electrons. The first-order valence-corrected chi connectivity index (χ1v) is 11.6. The van der Waals surface area contributed by atoms with E-state index >= 15 is 0 Å². The van der Waals surface area contributed by atoms with Gasteiger partial charge in [0.25, 0.3) is 0 Å². The number of ether oxygens (including phenoxy) is 2. The van der Waals surface area contributed by atoms with Gasteiger partial charge in [0, 0.05) is 25.5 Å². The molecule has 0 bridgehead atoms. The minimum Gasteiger partial charge on any atom is -0.480 e. The zero-order valence-electron chi connectivity index (χ0n) is 19.2. The van der Waals surface area contributed by atoms with Gasteiger partial charge in [0.05, 0.1) is 6.61 Å². The molecule has 8 nitrogen and oxygen atoms in total. The lowest BCUT2D eigenvalue weighted by Gasteiger charge is -2.34. The molecule has 2 amide bonds. The summed E-state index contributed by atoms with van der Waals surface area (Å²) in [5, 5.41) is 14.6. The third kappa shape index (κ3) is 5.22. The number of methoxy groups -OCH3 is 1. The molecule has 2 aliphatic carbocycles. The number of fused-ring (bicyclic) bond motifs is 3. The number of hydrogen-bond donors (Lipinski definition) is 3. The number of nitrogens with one attached hydrogen (secondary N) is 2. The van der Waals surface area contributed by atoms with Gasteiger partial charge in [-0.05, 0) is 41.0 Å². The van der Waals surface area contributed by atoms with Gasteiger partial charge in [-0.25, -0.2) is 9.59 Å². The van der Waals surface area contributed by atoms with E-state index in [1.54, 1.807) is 0 Å². The number of amides is 2. The maximum atomic E-state index is 12.7. The van der Waals surface area contributed by atoms with Crippen molar-refractivity contribution in [2.45, 2.75) is 43.7 Å². The Hall–Kier alpha value is -3.39. The number of carboxylic acid groups (broad SMARTS) is 1. The van der Waals surface area contributed by atoms with Crippen molar-refractivity contribution in [2.24, 2.45) is 5.92 Å². The highest BCUT2D eigenvalue weighted by atomic mass is 16.5. The summed E-state index contributed by atoms with van der Waals surface area (Å²) in [4.78, 5) is 36.5. The lowest BCUT2D eigenvalue weighted by atomic mass is 9.78. The van der Waals surface area contributed by atoms with E-state index in [2.05, 4.69) is 34.9 Å². The average Bonchev–Trinajstić information content (AvgIpc) is 3.10. The van der Waals surface area contributed by atoms with Gasteiger partial charge >= 0.3 is 12.1 Å². The highest BCUT2D eigenvalue weighted by molar-refractivity contribution is 5.84. The molecule has 2 aromatic rings. The highest BCUT2D eigenvalue weighted by Gasteiger charge is 2.33. The molecular formula is C26H30N2O6. The van der Waals surface area contributed by atoms with E-state index in [-0.39, 0.29) is 31.5 Å². The third-order valence-corrected chi connectivity index (χ3v) is 6.74. The average molecular weight is 467 g/mol. The fraction of sp³-hybridized carbons (Fsp3) is 0.423. The molecule has 1 fully saturated rings. The standard InChI is InChI=1S/C26H30N2O6/c1-33-15-23(25(30)31)27-24(29)13-22(16-7-6-8-16)28-26(32)34-14-21-19-11-4-2-9-17(19)18-10-3-5-12-20(18)21/h2-5,9-12,16,21-23H,6-8,13-15H2,1H3,(H,27,29)(H,28,32)(H,30,31). The minimum absolute atomic E-state index is 0.0116. The zero-order valence-corrected chi connectivity index (χ0v) is 19.2. The minimum atomic E-state index is -1.17. The van der Waals surface area contributed by atoms with Gasteiger partial charge in [-0.3, -0.25) is 4.79 Å². The van der Waals surface area contributed by atoms with Crippen molar-refractivity contribution in [3.05, 3.63) is 59.7 Å². The Balaban J connectivity index is 1.37. The third-order valence-electron chi connectivity index (χ3n) is 6.74. The number of alkyl carbamates (subject to hydrolysis) is 1. The first kappa shape index (κ1) is 23.8. The Bertz CT molecular complexity index is 1010. The molecule has 2 unspecified atom stereocenters. The van der Waals surface area contributed by atoms with Gasteiger partial charge in [-0.2, -0.15) is 0 Å². The van der Waals surface area contributed by atoms with Gasteiger partial charge in [-0.15, -0.1) is 0 Å². The van der Waals surface area contributed by atoms with Crippen LogP contribution in [0.2, 0.25) is 0 Å². The van der Waals surface area contributed by atoms with Crippen molar-refractivity contribution < 1.29 is 29.0 Å². The first-order chi connectivity index (χ1) is 16.5. The Labute approximate surface area is 198 Å². The van der Waals surface area contributed by atoms with Gasteiger partial charge in [-0.1, -0.05) is 55.0 Å². The van der Waals surface area contributed by atoms with Gasteiger partial charge < -0.3 is 25.2 Å². The van der Waals surface area contributed by atoms with Gasteiger partial charge in [0.2, 0.25) is 5.91 Å². The molecule has 34 heavy (non-hydrogen) atoms. The molecule has 0 aromatic heterocycles. The molecule has 0 heterocycles. The number of carbonyl (C=O) groups excluding carboxylic acids is 2. The summed E-state index contributed by atoms with van der Waals surface area (Å²) in [6.45, 7) is 0.0628. The van der Waals surface area contributed by atoms with Crippen molar-refractivity contribution in [2.75, 3.05) is 20.3 Å². The van der Waals surface area contributed by atoms with Crippen LogP contribution in [0.3, 0.4) is 0 Å². The lowest BCUT2D eigenvalue weighted by Crippen LogP contribution is -2.49. The molecule has 0 radical (unpaired) electrons. The summed E-state index contributed by atoms with van der Waals surface area (Å²) < 4.78 is 10.5. The Morgan fingerprint density at radius 2 is 1.62 bits per heavy atom. The van der Waals surface area contributed by atoms with Crippen LogP contribution in [0.4, 0.5) is 4.79 Å². The van der Waals surface area contributed by atoms with E-state index in [0.717, 1.165) is 41.5 Å². The van der Waals surface area contributed by atoms with Gasteiger partial charge in [0.1, 0.15) is 6.61 Å². The molecule has 0 saturated heterocycles. The van der Waals surface area contributed by atoms with Crippen LogP contribution >= 0.6 is 0 Å². The number of benzene rings is 2. The Morgan fingerprint density at radius 1 is 1.00 bits per heavy atom. The van der Waals surface area contributed by atoms with Crippen molar-refractivity contribution >= 4 is 18.0 Å². The summed E-state index contributed by atoms with van der Waals surface area (Å²) in [5.41, 5.74) is 4.56. The quantitative estimate of drug-likeness (QED) is 0.495. The predicted molar refractivity (Wildman–Crippen MR) is 125 cm³/mol. The van der Waals surface area contributed by atoms with E-state index in [0.29, 0.717) is 0 Å². The molecule has 0 aliphatic heterocycles. The topological polar surface area (TPSA) is 114 Å². The van der Waals surface area contributed by atoms with E-state index in [1.807, 2.05) is 24.3 Å². The monoisotopic (exact) mass is 466 g/mol. The number of hydrogen-bond acceptors (Lipinski definition) is 5. The molecule has 2 atom stereocenters. The fourth-order valence-corrected chi connectivity index (χ4v) is 4.76. The van der Waals surface area contributed by atoms with Crippen LogP contribution in [0.1, 0.15) is 42.7 Å². The first-order valence-electron chi connectivity index (χ1n) is 11.6. The summed E-state index contributed by atoms with van der Waals surface area (Å²) >= 11 is 0. The summed E-state index contributed by atoms with van der Waals surface area (Å²) in [5.74, 6) is -1.49. The van der Waals surface area contributed by atoms with Crippen molar-refractivity contribution in [3.63, 3.8) is 0 Å². The number of carboxylic acids is 1. The second kappa shape index (κ2) is 10.7. The van der Waals surface area contributed by atoms with E-state index < -0.39 is 30.1 Å². The maximum absolute atomic E-state index is 12.7. The maximum Gasteiger partial charge on any atom is 0.407 e. The van der Waals surface area contributed by atoms with Crippen LogP contribution in [0.15, 0.2) is 48.5 Å². The Kier molecular flexibility index (Phi) is 7.47. The van der Waals surface area contributed by atoms with Crippen molar-refractivity contribution in [1.29, 1.82) is 0 Å². The molecule has 3 N–H and O–H groups in total. The van der Waals surface area contributed by atoms with E-state index in [9.17, 15) is 19.5 Å². The number of aliphatic carboxylic acids is 1. The van der Waals surface area contributed by atoms with Crippen molar-refractivity contribution in [1.82, 2.24) is 10.6 Å². The lowest BCUT2D eigenvalue weighted by molar-refractivity contribution is -0.143.